The lowest BCUT2D eigenvalue weighted by Gasteiger charge is -2.13. The predicted octanol–water partition coefficient (Wildman–Crippen LogP) is 6.04. The Morgan fingerprint density at radius 2 is 1.78 bits per heavy atom. The summed E-state index contributed by atoms with van der Waals surface area (Å²) in [7, 11) is 0. The average Bonchev–Trinajstić information content (AvgIpc) is 2.28. The van der Waals surface area contributed by atoms with E-state index in [1.165, 1.54) is 16.7 Å². The molecule has 0 saturated heterocycles. The SMILES string of the molecule is Cc1cc(Br)ccc1C(Cl)Cc1cccc(Br)c1. The van der Waals surface area contributed by atoms with Crippen LogP contribution in [0, 0.1) is 6.92 Å². The van der Waals surface area contributed by atoms with E-state index >= 15 is 0 Å². The first-order chi connectivity index (χ1) is 8.56. The van der Waals surface area contributed by atoms with E-state index in [1.807, 2.05) is 18.2 Å². The minimum absolute atomic E-state index is 0.00685. The van der Waals surface area contributed by atoms with Crippen molar-refractivity contribution in [3.63, 3.8) is 0 Å². The highest BCUT2D eigenvalue weighted by atomic mass is 79.9. The normalized spacial score (nSPS) is 12.4. The number of aryl methyl sites for hydroxylation is 1. The Hall–Kier alpha value is -0.310. The van der Waals surface area contributed by atoms with Gasteiger partial charge in [-0.15, -0.1) is 11.6 Å². The zero-order valence-corrected chi connectivity index (χ0v) is 13.9. The van der Waals surface area contributed by atoms with E-state index in [-0.39, 0.29) is 5.38 Å². The quantitative estimate of drug-likeness (QED) is 0.562. The van der Waals surface area contributed by atoms with Crippen LogP contribution in [0.5, 0.6) is 0 Å². The lowest BCUT2D eigenvalue weighted by molar-refractivity contribution is 0.908. The van der Waals surface area contributed by atoms with Crippen LogP contribution in [0.25, 0.3) is 0 Å². The van der Waals surface area contributed by atoms with Crippen LogP contribution >= 0.6 is 43.5 Å². The maximum atomic E-state index is 6.52. The molecule has 0 aliphatic rings. The van der Waals surface area contributed by atoms with E-state index in [0.29, 0.717) is 0 Å². The molecular formula is C15H13Br2Cl. The standard InChI is InChI=1S/C15H13Br2Cl/c1-10-7-13(17)5-6-14(10)15(18)9-11-3-2-4-12(16)8-11/h2-8,15H,9H2,1H3. The second kappa shape index (κ2) is 6.23. The van der Waals surface area contributed by atoms with Crippen molar-refractivity contribution in [2.24, 2.45) is 0 Å². The second-order valence-corrected chi connectivity index (χ2v) is 6.66. The first-order valence-electron chi connectivity index (χ1n) is 5.71. The van der Waals surface area contributed by atoms with Crippen LogP contribution in [0.3, 0.4) is 0 Å². The summed E-state index contributed by atoms with van der Waals surface area (Å²) < 4.78 is 2.19. The third-order valence-corrected chi connectivity index (χ3v) is 4.25. The Bertz CT molecular complexity index is 552. The van der Waals surface area contributed by atoms with E-state index in [2.05, 4.69) is 63.0 Å². The molecule has 18 heavy (non-hydrogen) atoms. The van der Waals surface area contributed by atoms with Crippen LogP contribution in [-0.2, 0) is 6.42 Å². The van der Waals surface area contributed by atoms with Crippen molar-refractivity contribution in [3.05, 3.63) is 68.1 Å². The highest BCUT2D eigenvalue weighted by Crippen LogP contribution is 2.29. The van der Waals surface area contributed by atoms with E-state index in [1.54, 1.807) is 0 Å². The summed E-state index contributed by atoms with van der Waals surface area (Å²) >= 11 is 13.5. The average molecular weight is 389 g/mol. The Morgan fingerprint density at radius 1 is 1.06 bits per heavy atom. The molecule has 0 fully saturated rings. The molecule has 0 aliphatic carbocycles. The fourth-order valence-corrected chi connectivity index (χ4v) is 3.32. The highest BCUT2D eigenvalue weighted by molar-refractivity contribution is 9.10. The van der Waals surface area contributed by atoms with Crippen molar-refractivity contribution < 1.29 is 0 Å². The first kappa shape index (κ1) is 14.1. The van der Waals surface area contributed by atoms with Crippen molar-refractivity contribution in [2.45, 2.75) is 18.7 Å². The minimum Gasteiger partial charge on any atom is -0.117 e. The Balaban J connectivity index is 2.19. The zero-order valence-electron chi connectivity index (χ0n) is 9.96. The smallest absolute Gasteiger partial charge is 0.0628 e. The van der Waals surface area contributed by atoms with Gasteiger partial charge in [-0.2, -0.15) is 0 Å². The monoisotopic (exact) mass is 386 g/mol. The molecule has 1 unspecified atom stereocenters. The summed E-state index contributed by atoms with van der Waals surface area (Å²) in [6.45, 7) is 2.09. The third kappa shape index (κ3) is 3.59. The zero-order chi connectivity index (χ0) is 13.1. The molecule has 0 heterocycles. The van der Waals surface area contributed by atoms with E-state index in [4.69, 9.17) is 11.6 Å². The molecule has 3 heteroatoms. The lowest BCUT2D eigenvalue weighted by Crippen LogP contribution is -1.98. The molecule has 2 aromatic rings. The Labute approximate surface area is 130 Å². The molecule has 94 valence electrons. The maximum Gasteiger partial charge on any atom is 0.0628 e. The molecule has 0 radical (unpaired) electrons. The van der Waals surface area contributed by atoms with Gasteiger partial charge in [-0.3, -0.25) is 0 Å². The van der Waals surface area contributed by atoms with E-state index < -0.39 is 0 Å². The number of rotatable bonds is 3. The fourth-order valence-electron chi connectivity index (χ4n) is 1.97. The molecule has 0 nitrogen and oxygen atoms in total. The molecule has 0 N–H and O–H groups in total. The summed E-state index contributed by atoms with van der Waals surface area (Å²) in [6.07, 6.45) is 0.837. The summed E-state index contributed by atoms with van der Waals surface area (Å²) in [4.78, 5) is 0. The van der Waals surface area contributed by atoms with Crippen molar-refractivity contribution >= 4 is 43.5 Å². The van der Waals surface area contributed by atoms with Gasteiger partial charge in [0.15, 0.2) is 0 Å². The van der Waals surface area contributed by atoms with Gasteiger partial charge < -0.3 is 0 Å². The highest BCUT2D eigenvalue weighted by Gasteiger charge is 2.11. The van der Waals surface area contributed by atoms with Crippen molar-refractivity contribution in [2.75, 3.05) is 0 Å². The van der Waals surface area contributed by atoms with Crippen LogP contribution < -0.4 is 0 Å². The molecule has 0 amide bonds. The van der Waals surface area contributed by atoms with Gasteiger partial charge in [-0.05, 0) is 54.3 Å². The topological polar surface area (TPSA) is 0 Å². The molecular weight excluding hydrogens is 375 g/mol. The molecule has 2 aromatic carbocycles. The third-order valence-electron chi connectivity index (χ3n) is 2.87. The Kier molecular flexibility index (Phi) is 4.88. The van der Waals surface area contributed by atoms with Crippen LogP contribution in [0.2, 0.25) is 0 Å². The molecule has 0 saturated carbocycles. The van der Waals surface area contributed by atoms with Gasteiger partial charge >= 0.3 is 0 Å². The molecule has 1 atom stereocenters. The molecule has 0 spiro atoms. The summed E-state index contributed by atoms with van der Waals surface area (Å²) in [5.41, 5.74) is 3.66. The van der Waals surface area contributed by atoms with Gasteiger partial charge in [0, 0.05) is 8.95 Å². The van der Waals surface area contributed by atoms with Crippen molar-refractivity contribution in [3.8, 4) is 0 Å². The van der Waals surface area contributed by atoms with Crippen LogP contribution in [0.15, 0.2) is 51.4 Å². The molecule has 2 rings (SSSR count). The lowest BCUT2D eigenvalue weighted by atomic mass is 10.0. The number of hydrogen-bond acceptors (Lipinski definition) is 0. The second-order valence-electron chi connectivity index (χ2n) is 4.30. The summed E-state index contributed by atoms with van der Waals surface area (Å²) in [6, 6.07) is 14.5. The summed E-state index contributed by atoms with van der Waals surface area (Å²) in [5, 5.41) is 0.00685. The Morgan fingerprint density at radius 3 is 2.44 bits per heavy atom. The predicted molar refractivity (Wildman–Crippen MR) is 85.3 cm³/mol. The number of hydrogen-bond donors (Lipinski definition) is 0. The van der Waals surface area contributed by atoms with Crippen LogP contribution in [-0.4, -0.2) is 0 Å². The molecule has 0 bridgehead atoms. The van der Waals surface area contributed by atoms with Crippen LogP contribution in [0.1, 0.15) is 22.1 Å². The van der Waals surface area contributed by atoms with Crippen LogP contribution in [0.4, 0.5) is 0 Å². The van der Waals surface area contributed by atoms with Gasteiger partial charge in [0.1, 0.15) is 0 Å². The fraction of sp³-hybridized carbons (Fsp3) is 0.200. The number of alkyl halides is 1. The minimum atomic E-state index is 0.00685. The van der Waals surface area contributed by atoms with Gasteiger partial charge in [0.2, 0.25) is 0 Å². The molecule has 0 aromatic heterocycles. The van der Waals surface area contributed by atoms with Crippen molar-refractivity contribution in [1.29, 1.82) is 0 Å². The summed E-state index contributed by atoms with van der Waals surface area (Å²) in [5.74, 6) is 0. The maximum absolute atomic E-state index is 6.52. The number of halogens is 3. The van der Waals surface area contributed by atoms with E-state index in [9.17, 15) is 0 Å². The largest absolute Gasteiger partial charge is 0.117 e. The van der Waals surface area contributed by atoms with Gasteiger partial charge in [0.25, 0.3) is 0 Å². The van der Waals surface area contributed by atoms with Gasteiger partial charge in [-0.25, -0.2) is 0 Å². The van der Waals surface area contributed by atoms with Gasteiger partial charge in [0.05, 0.1) is 5.38 Å². The van der Waals surface area contributed by atoms with E-state index in [0.717, 1.165) is 15.4 Å². The number of benzene rings is 2. The van der Waals surface area contributed by atoms with Crippen molar-refractivity contribution in [1.82, 2.24) is 0 Å². The molecule has 0 aliphatic heterocycles. The van der Waals surface area contributed by atoms with Gasteiger partial charge in [-0.1, -0.05) is 50.1 Å². The first-order valence-corrected chi connectivity index (χ1v) is 7.73.